The Bertz CT molecular complexity index is 387. The molecule has 1 fully saturated rings. The molecular weight excluding hydrogens is 214 g/mol. The smallest absolute Gasteiger partial charge is 0.387 e. The SMILES string of the molecule is CC(=O)C1CC1c1ccc(OC(F)F)cc1. The molecule has 0 aromatic heterocycles. The van der Waals surface area contributed by atoms with Crippen molar-refractivity contribution in [2.75, 3.05) is 0 Å². The van der Waals surface area contributed by atoms with Gasteiger partial charge in [0.05, 0.1) is 0 Å². The van der Waals surface area contributed by atoms with Crippen LogP contribution < -0.4 is 4.74 Å². The molecule has 1 aromatic carbocycles. The van der Waals surface area contributed by atoms with Crippen LogP contribution in [0.4, 0.5) is 8.78 Å². The lowest BCUT2D eigenvalue weighted by Gasteiger charge is -2.05. The fourth-order valence-corrected chi connectivity index (χ4v) is 1.91. The van der Waals surface area contributed by atoms with E-state index in [2.05, 4.69) is 4.74 Å². The molecule has 16 heavy (non-hydrogen) atoms. The van der Waals surface area contributed by atoms with Crippen molar-refractivity contribution < 1.29 is 18.3 Å². The second-order valence-electron chi connectivity index (χ2n) is 4.01. The third-order valence-electron chi connectivity index (χ3n) is 2.85. The van der Waals surface area contributed by atoms with Crippen LogP contribution in [0.25, 0.3) is 0 Å². The summed E-state index contributed by atoms with van der Waals surface area (Å²) in [6, 6.07) is 6.50. The number of halogens is 2. The predicted molar refractivity (Wildman–Crippen MR) is 54.6 cm³/mol. The quantitative estimate of drug-likeness (QED) is 0.788. The second kappa shape index (κ2) is 4.20. The standard InChI is InChI=1S/C12H12F2O2/c1-7(15)10-6-11(10)8-2-4-9(5-3-8)16-12(13)14/h2-5,10-12H,6H2,1H3. The Labute approximate surface area is 92.2 Å². The van der Waals surface area contributed by atoms with Crippen molar-refractivity contribution in [3.05, 3.63) is 29.8 Å². The summed E-state index contributed by atoms with van der Waals surface area (Å²) in [6.45, 7) is -1.21. The van der Waals surface area contributed by atoms with Gasteiger partial charge in [0.1, 0.15) is 11.5 Å². The van der Waals surface area contributed by atoms with Gasteiger partial charge in [0.25, 0.3) is 0 Å². The fourth-order valence-electron chi connectivity index (χ4n) is 1.91. The summed E-state index contributed by atoms with van der Waals surface area (Å²) in [4.78, 5) is 11.1. The molecule has 0 N–H and O–H groups in total. The average molecular weight is 226 g/mol. The van der Waals surface area contributed by atoms with Gasteiger partial charge in [-0.05, 0) is 37.0 Å². The molecular formula is C12H12F2O2. The molecule has 86 valence electrons. The third kappa shape index (κ3) is 2.38. The van der Waals surface area contributed by atoms with Crippen molar-refractivity contribution in [1.82, 2.24) is 0 Å². The molecule has 1 aliphatic carbocycles. The number of ether oxygens (including phenoxy) is 1. The molecule has 0 amide bonds. The van der Waals surface area contributed by atoms with Crippen LogP contribution in [0.5, 0.6) is 5.75 Å². The van der Waals surface area contributed by atoms with Crippen molar-refractivity contribution in [3.8, 4) is 5.75 Å². The second-order valence-corrected chi connectivity index (χ2v) is 4.01. The lowest BCUT2D eigenvalue weighted by molar-refractivity contribution is -0.118. The monoisotopic (exact) mass is 226 g/mol. The van der Waals surface area contributed by atoms with Crippen LogP contribution in [0.1, 0.15) is 24.8 Å². The minimum absolute atomic E-state index is 0.113. The zero-order valence-corrected chi connectivity index (χ0v) is 8.82. The molecule has 0 spiro atoms. The Kier molecular flexibility index (Phi) is 2.90. The minimum Gasteiger partial charge on any atom is -0.435 e. The molecule has 2 atom stereocenters. The Morgan fingerprint density at radius 1 is 1.38 bits per heavy atom. The van der Waals surface area contributed by atoms with Crippen LogP contribution in [0.3, 0.4) is 0 Å². The van der Waals surface area contributed by atoms with E-state index >= 15 is 0 Å². The summed E-state index contributed by atoms with van der Waals surface area (Å²) in [7, 11) is 0. The Balaban J connectivity index is 2.01. The molecule has 2 nitrogen and oxygen atoms in total. The number of ketones is 1. The van der Waals surface area contributed by atoms with Gasteiger partial charge in [-0.1, -0.05) is 12.1 Å². The Morgan fingerprint density at radius 3 is 2.44 bits per heavy atom. The number of Topliss-reactive ketones (excluding diaryl/α,β-unsaturated/α-hetero) is 1. The van der Waals surface area contributed by atoms with Crippen LogP contribution in [0.2, 0.25) is 0 Å². The van der Waals surface area contributed by atoms with E-state index in [1.165, 1.54) is 12.1 Å². The molecule has 4 heteroatoms. The van der Waals surface area contributed by atoms with Gasteiger partial charge < -0.3 is 4.74 Å². The van der Waals surface area contributed by atoms with E-state index in [1.54, 1.807) is 19.1 Å². The first kappa shape index (κ1) is 11.0. The molecule has 0 saturated heterocycles. The van der Waals surface area contributed by atoms with Crippen molar-refractivity contribution in [3.63, 3.8) is 0 Å². The van der Waals surface area contributed by atoms with Crippen molar-refractivity contribution in [2.24, 2.45) is 5.92 Å². The van der Waals surface area contributed by atoms with Gasteiger partial charge in [-0.25, -0.2) is 0 Å². The number of alkyl halides is 2. The first-order chi connectivity index (χ1) is 7.58. The van der Waals surface area contributed by atoms with Crippen molar-refractivity contribution in [2.45, 2.75) is 25.9 Å². The highest BCUT2D eigenvalue weighted by Gasteiger charge is 2.41. The third-order valence-corrected chi connectivity index (χ3v) is 2.85. The van der Waals surface area contributed by atoms with Gasteiger partial charge in [-0.15, -0.1) is 0 Å². The van der Waals surface area contributed by atoms with E-state index in [-0.39, 0.29) is 23.4 Å². The summed E-state index contributed by atoms with van der Waals surface area (Å²) >= 11 is 0. The zero-order chi connectivity index (χ0) is 11.7. The first-order valence-electron chi connectivity index (χ1n) is 5.13. The number of benzene rings is 1. The van der Waals surface area contributed by atoms with E-state index in [9.17, 15) is 13.6 Å². The van der Waals surface area contributed by atoms with Crippen LogP contribution in [-0.2, 0) is 4.79 Å². The summed E-state index contributed by atoms with van der Waals surface area (Å²) < 4.78 is 28.0. The molecule has 1 aliphatic rings. The average Bonchev–Trinajstić information content (AvgIpc) is 2.97. The highest BCUT2D eigenvalue weighted by Crippen LogP contribution is 2.48. The molecule has 0 bridgehead atoms. The molecule has 1 saturated carbocycles. The largest absolute Gasteiger partial charge is 0.435 e. The summed E-state index contributed by atoms with van der Waals surface area (Å²) in [5, 5.41) is 0. The molecule has 2 unspecified atom stereocenters. The maximum absolute atomic E-state index is 11.9. The molecule has 0 aliphatic heterocycles. The van der Waals surface area contributed by atoms with Crippen LogP contribution in [0.15, 0.2) is 24.3 Å². The van der Waals surface area contributed by atoms with E-state index in [0.29, 0.717) is 0 Å². The summed E-state index contributed by atoms with van der Waals surface area (Å²) in [5.41, 5.74) is 1.02. The van der Waals surface area contributed by atoms with E-state index in [4.69, 9.17) is 0 Å². The number of carbonyl (C=O) groups excluding carboxylic acids is 1. The van der Waals surface area contributed by atoms with Crippen molar-refractivity contribution >= 4 is 5.78 Å². The van der Waals surface area contributed by atoms with Crippen molar-refractivity contribution in [1.29, 1.82) is 0 Å². The number of rotatable bonds is 4. The number of hydrogen-bond donors (Lipinski definition) is 0. The molecule has 2 rings (SSSR count). The van der Waals surface area contributed by atoms with Crippen LogP contribution in [0, 0.1) is 5.92 Å². The van der Waals surface area contributed by atoms with Gasteiger partial charge in [-0.2, -0.15) is 8.78 Å². The lowest BCUT2D eigenvalue weighted by atomic mass is 10.1. The highest BCUT2D eigenvalue weighted by atomic mass is 19.3. The molecule has 0 heterocycles. The number of carbonyl (C=O) groups is 1. The minimum atomic E-state index is -2.79. The van der Waals surface area contributed by atoms with E-state index in [1.807, 2.05) is 0 Å². The van der Waals surface area contributed by atoms with E-state index < -0.39 is 6.61 Å². The van der Waals surface area contributed by atoms with Gasteiger partial charge in [0.15, 0.2) is 0 Å². The van der Waals surface area contributed by atoms with Gasteiger partial charge in [-0.3, -0.25) is 4.79 Å². The highest BCUT2D eigenvalue weighted by molar-refractivity contribution is 5.82. The number of hydrogen-bond acceptors (Lipinski definition) is 2. The normalized spacial score (nSPS) is 23.2. The molecule has 1 aromatic rings. The van der Waals surface area contributed by atoms with Crippen LogP contribution >= 0.6 is 0 Å². The topological polar surface area (TPSA) is 26.3 Å². The zero-order valence-electron chi connectivity index (χ0n) is 8.82. The van der Waals surface area contributed by atoms with Gasteiger partial charge in [0.2, 0.25) is 0 Å². The van der Waals surface area contributed by atoms with Gasteiger partial charge in [0, 0.05) is 5.92 Å². The van der Waals surface area contributed by atoms with Gasteiger partial charge >= 0.3 is 6.61 Å². The predicted octanol–water partition coefficient (Wildman–Crippen LogP) is 2.98. The maximum Gasteiger partial charge on any atom is 0.387 e. The Hall–Kier alpha value is -1.45. The lowest BCUT2D eigenvalue weighted by Crippen LogP contribution is -2.01. The summed E-state index contributed by atoms with van der Waals surface area (Å²) in [5.74, 6) is 0.719. The summed E-state index contributed by atoms with van der Waals surface area (Å²) in [6.07, 6.45) is 0.865. The van der Waals surface area contributed by atoms with E-state index in [0.717, 1.165) is 12.0 Å². The molecule has 0 radical (unpaired) electrons. The van der Waals surface area contributed by atoms with Crippen LogP contribution in [-0.4, -0.2) is 12.4 Å². The first-order valence-corrected chi connectivity index (χ1v) is 5.13. The Morgan fingerprint density at radius 2 is 2.00 bits per heavy atom. The maximum atomic E-state index is 11.9. The fraction of sp³-hybridized carbons (Fsp3) is 0.417.